The van der Waals surface area contributed by atoms with Crippen molar-refractivity contribution in [2.24, 2.45) is 0 Å². The average Bonchev–Trinajstić information content (AvgIpc) is 3.10. The van der Waals surface area contributed by atoms with Crippen LogP contribution in [0.5, 0.6) is 0 Å². The number of nitrogens with zero attached hydrogens (tertiary/aromatic N) is 3. The number of pyridine rings is 1. The Labute approximate surface area is 160 Å². The molecule has 0 radical (unpaired) electrons. The molecule has 3 aromatic rings. The van der Waals surface area contributed by atoms with E-state index in [4.69, 9.17) is 4.42 Å². The molecule has 1 saturated heterocycles. The van der Waals surface area contributed by atoms with Gasteiger partial charge in [-0.3, -0.25) is 14.7 Å². The maximum atomic E-state index is 12.7. The van der Waals surface area contributed by atoms with E-state index < -0.39 is 0 Å². The Morgan fingerprint density at radius 1 is 1.12 bits per heavy atom. The molecule has 26 heavy (non-hydrogen) atoms. The van der Waals surface area contributed by atoms with Gasteiger partial charge in [0.05, 0.1) is 0 Å². The van der Waals surface area contributed by atoms with E-state index in [0.717, 1.165) is 60.3 Å². The fraction of sp³-hybridized carbons (Fsp3) is 0.300. The summed E-state index contributed by atoms with van der Waals surface area (Å²) >= 11 is 3.45. The van der Waals surface area contributed by atoms with Crippen LogP contribution in [-0.4, -0.2) is 53.4 Å². The largest absolute Gasteiger partial charge is 0.451 e. The highest BCUT2D eigenvalue weighted by Gasteiger charge is 2.24. The lowest BCUT2D eigenvalue weighted by atomic mass is 10.2. The van der Waals surface area contributed by atoms with Crippen LogP contribution in [0.4, 0.5) is 0 Å². The SMILES string of the molecule is O=C(c1cc2cc(Br)ccc2o1)N1CCN(CCc2ccccn2)CC1. The highest BCUT2D eigenvalue weighted by Crippen LogP contribution is 2.24. The molecule has 1 aliphatic rings. The molecule has 1 aromatic carbocycles. The quantitative estimate of drug-likeness (QED) is 0.655. The Morgan fingerprint density at radius 2 is 1.96 bits per heavy atom. The minimum atomic E-state index is -0.0262. The summed E-state index contributed by atoms with van der Waals surface area (Å²) in [6.07, 6.45) is 2.77. The van der Waals surface area contributed by atoms with E-state index in [2.05, 4.69) is 31.9 Å². The van der Waals surface area contributed by atoms with Crippen LogP contribution < -0.4 is 0 Å². The van der Waals surface area contributed by atoms with Gasteiger partial charge in [-0.15, -0.1) is 0 Å². The Hall–Kier alpha value is -2.18. The van der Waals surface area contributed by atoms with Crippen molar-refractivity contribution < 1.29 is 9.21 Å². The number of benzene rings is 1. The zero-order valence-electron chi connectivity index (χ0n) is 14.4. The zero-order chi connectivity index (χ0) is 17.9. The number of fused-ring (bicyclic) bond motifs is 1. The minimum Gasteiger partial charge on any atom is -0.451 e. The number of halogens is 1. The fourth-order valence-corrected chi connectivity index (χ4v) is 3.65. The van der Waals surface area contributed by atoms with Crippen molar-refractivity contribution in [2.45, 2.75) is 6.42 Å². The molecule has 1 aliphatic heterocycles. The summed E-state index contributed by atoms with van der Waals surface area (Å²) < 4.78 is 6.71. The van der Waals surface area contributed by atoms with Crippen LogP contribution in [0.2, 0.25) is 0 Å². The highest BCUT2D eigenvalue weighted by atomic mass is 79.9. The van der Waals surface area contributed by atoms with E-state index in [1.807, 2.05) is 47.5 Å². The van der Waals surface area contributed by atoms with Crippen molar-refractivity contribution in [1.29, 1.82) is 0 Å². The van der Waals surface area contributed by atoms with Crippen molar-refractivity contribution in [2.75, 3.05) is 32.7 Å². The average molecular weight is 414 g/mol. The maximum Gasteiger partial charge on any atom is 0.289 e. The van der Waals surface area contributed by atoms with Gasteiger partial charge in [0.2, 0.25) is 0 Å². The van der Waals surface area contributed by atoms with Gasteiger partial charge in [-0.25, -0.2) is 0 Å². The van der Waals surface area contributed by atoms with Crippen LogP contribution >= 0.6 is 15.9 Å². The number of piperazine rings is 1. The lowest BCUT2D eigenvalue weighted by molar-refractivity contribution is 0.0609. The van der Waals surface area contributed by atoms with Crippen molar-refractivity contribution in [1.82, 2.24) is 14.8 Å². The van der Waals surface area contributed by atoms with Crippen molar-refractivity contribution in [3.05, 3.63) is 64.6 Å². The summed E-state index contributed by atoms with van der Waals surface area (Å²) in [7, 11) is 0. The number of hydrogen-bond donors (Lipinski definition) is 0. The van der Waals surface area contributed by atoms with Gasteiger partial charge in [0.25, 0.3) is 5.91 Å². The van der Waals surface area contributed by atoms with Crippen molar-refractivity contribution in [3.8, 4) is 0 Å². The molecule has 0 unspecified atom stereocenters. The van der Waals surface area contributed by atoms with Crippen LogP contribution in [0.3, 0.4) is 0 Å². The van der Waals surface area contributed by atoms with Crippen LogP contribution in [-0.2, 0) is 6.42 Å². The first-order valence-electron chi connectivity index (χ1n) is 8.80. The summed E-state index contributed by atoms with van der Waals surface area (Å²) in [5.74, 6) is 0.390. The summed E-state index contributed by atoms with van der Waals surface area (Å²) in [6.45, 7) is 4.18. The van der Waals surface area contributed by atoms with Crippen LogP contribution in [0.15, 0.2) is 57.6 Å². The van der Waals surface area contributed by atoms with Gasteiger partial charge in [0.15, 0.2) is 5.76 Å². The Bertz CT molecular complexity index is 902. The summed E-state index contributed by atoms with van der Waals surface area (Å²) in [5, 5.41) is 0.941. The molecule has 1 fully saturated rings. The third-order valence-electron chi connectivity index (χ3n) is 4.76. The first kappa shape index (κ1) is 17.2. The molecular formula is C20H20BrN3O2. The summed E-state index contributed by atoms with van der Waals surface area (Å²) in [4.78, 5) is 21.4. The molecule has 0 atom stereocenters. The molecule has 5 nitrogen and oxygen atoms in total. The molecule has 0 saturated carbocycles. The van der Waals surface area contributed by atoms with Gasteiger partial charge in [-0.1, -0.05) is 22.0 Å². The molecule has 0 spiro atoms. The minimum absolute atomic E-state index is 0.0262. The Balaban J connectivity index is 1.34. The van der Waals surface area contributed by atoms with Gasteiger partial charge < -0.3 is 9.32 Å². The molecular weight excluding hydrogens is 394 g/mol. The number of hydrogen-bond acceptors (Lipinski definition) is 4. The van der Waals surface area contributed by atoms with Gasteiger partial charge in [-0.2, -0.15) is 0 Å². The third-order valence-corrected chi connectivity index (χ3v) is 5.25. The first-order chi connectivity index (χ1) is 12.7. The van der Waals surface area contributed by atoms with Crippen molar-refractivity contribution >= 4 is 32.8 Å². The highest BCUT2D eigenvalue weighted by molar-refractivity contribution is 9.10. The lowest BCUT2D eigenvalue weighted by Gasteiger charge is -2.34. The van der Waals surface area contributed by atoms with Crippen LogP contribution in [0, 0.1) is 0 Å². The molecule has 0 N–H and O–H groups in total. The number of amides is 1. The number of furan rings is 1. The Morgan fingerprint density at radius 3 is 2.73 bits per heavy atom. The standard InChI is InChI=1S/C20H20BrN3O2/c21-16-4-5-18-15(13-16)14-19(26-18)20(25)24-11-9-23(10-12-24)8-6-17-3-1-2-7-22-17/h1-5,7,13-14H,6,8-12H2. The number of carbonyl (C=O) groups is 1. The summed E-state index contributed by atoms with van der Waals surface area (Å²) in [5.41, 5.74) is 1.85. The van der Waals surface area contributed by atoms with Gasteiger partial charge in [-0.05, 0) is 36.4 Å². The first-order valence-corrected chi connectivity index (χ1v) is 9.59. The molecule has 2 aromatic heterocycles. The van der Waals surface area contributed by atoms with Crippen molar-refractivity contribution in [3.63, 3.8) is 0 Å². The van der Waals surface area contributed by atoms with E-state index in [1.165, 1.54) is 0 Å². The molecule has 1 amide bonds. The fourth-order valence-electron chi connectivity index (χ4n) is 3.27. The van der Waals surface area contributed by atoms with Gasteiger partial charge in [0, 0.05) is 60.9 Å². The number of rotatable bonds is 4. The number of carbonyl (C=O) groups excluding carboxylic acids is 1. The lowest BCUT2D eigenvalue weighted by Crippen LogP contribution is -2.49. The monoisotopic (exact) mass is 413 g/mol. The molecule has 0 aliphatic carbocycles. The second-order valence-corrected chi connectivity index (χ2v) is 7.41. The Kier molecular flexibility index (Phi) is 5.04. The summed E-state index contributed by atoms with van der Waals surface area (Å²) in [6, 6.07) is 13.6. The molecule has 6 heteroatoms. The van der Waals surface area contributed by atoms with E-state index in [0.29, 0.717) is 5.76 Å². The molecule has 134 valence electrons. The normalized spacial score (nSPS) is 15.5. The maximum absolute atomic E-state index is 12.7. The van der Waals surface area contributed by atoms with Gasteiger partial charge in [0.1, 0.15) is 5.58 Å². The van der Waals surface area contributed by atoms with E-state index in [9.17, 15) is 4.79 Å². The topological polar surface area (TPSA) is 49.6 Å². The van der Waals surface area contributed by atoms with Gasteiger partial charge >= 0.3 is 0 Å². The zero-order valence-corrected chi connectivity index (χ0v) is 16.0. The second-order valence-electron chi connectivity index (χ2n) is 6.50. The van der Waals surface area contributed by atoms with E-state index in [-0.39, 0.29) is 5.91 Å². The smallest absolute Gasteiger partial charge is 0.289 e. The second kappa shape index (κ2) is 7.60. The van der Waals surface area contributed by atoms with Crippen LogP contribution in [0.1, 0.15) is 16.2 Å². The molecule has 0 bridgehead atoms. The van der Waals surface area contributed by atoms with Crippen LogP contribution in [0.25, 0.3) is 11.0 Å². The van der Waals surface area contributed by atoms with E-state index in [1.54, 1.807) is 0 Å². The third kappa shape index (κ3) is 3.81. The molecule has 3 heterocycles. The van der Waals surface area contributed by atoms with E-state index >= 15 is 0 Å². The predicted molar refractivity (Wildman–Crippen MR) is 104 cm³/mol. The predicted octanol–water partition coefficient (Wildman–Crippen LogP) is 3.59. The molecule has 4 rings (SSSR count). The number of aromatic nitrogens is 1.